The van der Waals surface area contributed by atoms with Crippen LogP contribution >= 0.6 is 11.5 Å². The second-order valence-corrected chi connectivity index (χ2v) is 4.21. The summed E-state index contributed by atoms with van der Waals surface area (Å²) in [4.78, 5) is 1.23. The van der Waals surface area contributed by atoms with Crippen molar-refractivity contribution in [3.05, 3.63) is 10.6 Å². The molecule has 1 rings (SSSR count). The predicted molar refractivity (Wildman–Crippen MR) is 59.5 cm³/mol. The number of hydrogen-bond acceptors (Lipinski definition) is 5. The Morgan fingerprint density at radius 2 is 2.29 bits per heavy atom. The lowest BCUT2D eigenvalue weighted by molar-refractivity contribution is 0.510. The van der Waals surface area contributed by atoms with Crippen LogP contribution < -0.4 is 10.6 Å². The highest BCUT2D eigenvalue weighted by molar-refractivity contribution is 7.05. The minimum atomic E-state index is 0.483. The van der Waals surface area contributed by atoms with Gasteiger partial charge in [-0.1, -0.05) is 11.4 Å². The highest BCUT2D eigenvalue weighted by atomic mass is 32.1. The fraction of sp³-hybridized carbons (Fsp3) is 0.778. The molecular weight excluding hydrogens is 196 g/mol. The van der Waals surface area contributed by atoms with E-state index >= 15 is 0 Å². The van der Waals surface area contributed by atoms with Crippen LogP contribution in [0, 0.1) is 6.92 Å². The second-order valence-electron chi connectivity index (χ2n) is 3.37. The van der Waals surface area contributed by atoms with Gasteiger partial charge in [-0.05, 0) is 31.9 Å². The summed E-state index contributed by atoms with van der Waals surface area (Å²) in [5.74, 6) is 0. The van der Waals surface area contributed by atoms with Crippen molar-refractivity contribution in [2.45, 2.75) is 33.4 Å². The van der Waals surface area contributed by atoms with E-state index in [1.54, 1.807) is 0 Å². The fourth-order valence-corrected chi connectivity index (χ4v) is 1.70. The Labute approximate surface area is 89.3 Å². The van der Waals surface area contributed by atoms with Crippen LogP contribution in [-0.2, 0) is 6.54 Å². The minimum absolute atomic E-state index is 0.483. The standard InChI is InChI=1S/C9H18N4S/c1-4-10-5-7(2)11-6-9-8(3)12-13-14-9/h7,10-11H,4-6H2,1-3H3. The summed E-state index contributed by atoms with van der Waals surface area (Å²) >= 11 is 1.47. The van der Waals surface area contributed by atoms with E-state index in [1.807, 2.05) is 6.92 Å². The van der Waals surface area contributed by atoms with Gasteiger partial charge in [-0.15, -0.1) is 5.10 Å². The van der Waals surface area contributed by atoms with Crippen LogP contribution in [0.5, 0.6) is 0 Å². The molecule has 1 aromatic heterocycles. The summed E-state index contributed by atoms with van der Waals surface area (Å²) in [7, 11) is 0. The van der Waals surface area contributed by atoms with E-state index in [4.69, 9.17) is 0 Å². The molecule has 0 spiro atoms. The zero-order valence-electron chi connectivity index (χ0n) is 9.00. The Bertz CT molecular complexity index is 261. The summed E-state index contributed by atoms with van der Waals surface area (Å²) in [6.07, 6.45) is 0. The Balaban J connectivity index is 2.23. The first kappa shape index (κ1) is 11.6. The number of nitrogens with zero attached hydrogens (tertiary/aromatic N) is 2. The van der Waals surface area contributed by atoms with Crippen LogP contribution in [0.4, 0.5) is 0 Å². The summed E-state index contributed by atoms with van der Waals surface area (Å²) < 4.78 is 3.90. The molecule has 0 bridgehead atoms. The molecule has 0 saturated heterocycles. The Morgan fingerprint density at radius 3 is 2.86 bits per heavy atom. The number of rotatable bonds is 6. The third-order valence-electron chi connectivity index (χ3n) is 2.06. The third-order valence-corrected chi connectivity index (χ3v) is 2.88. The molecule has 1 heterocycles. The molecule has 0 aliphatic heterocycles. The maximum Gasteiger partial charge on any atom is 0.0769 e. The third kappa shape index (κ3) is 3.69. The van der Waals surface area contributed by atoms with E-state index in [2.05, 4.69) is 34.1 Å². The SMILES string of the molecule is CCNCC(C)NCc1snnc1C. The van der Waals surface area contributed by atoms with Gasteiger partial charge in [0.1, 0.15) is 0 Å². The van der Waals surface area contributed by atoms with Crippen LogP contribution in [0.1, 0.15) is 24.4 Å². The first-order valence-corrected chi connectivity index (χ1v) is 5.73. The fourth-order valence-electron chi connectivity index (χ4n) is 1.11. The molecule has 0 amide bonds. The molecule has 0 fully saturated rings. The van der Waals surface area contributed by atoms with Crippen LogP contribution in [-0.4, -0.2) is 28.7 Å². The summed E-state index contributed by atoms with van der Waals surface area (Å²) in [5.41, 5.74) is 1.04. The molecule has 14 heavy (non-hydrogen) atoms. The van der Waals surface area contributed by atoms with Gasteiger partial charge in [0.25, 0.3) is 0 Å². The zero-order valence-corrected chi connectivity index (χ0v) is 9.82. The van der Waals surface area contributed by atoms with E-state index < -0.39 is 0 Å². The van der Waals surface area contributed by atoms with E-state index in [0.717, 1.165) is 25.3 Å². The van der Waals surface area contributed by atoms with Gasteiger partial charge in [0.15, 0.2) is 0 Å². The second kappa shape index (κ2) is 6.06. The van der Waals surface area contributed by atoms with Crippen molar-refractivity contribution in [1.82, 2.24) is 20.2 Å². The monoisotopic (exact) mass is 214 g/mol. The van der Waals surface area contributed by atoms with Crippen LogP contribution in [0.25, 0.3) is 0 Å². The van der Waals surface area contributed by atoms with Crippen molar-refractivity contribution >= 4 is 11.5 Å². The van der Waals surface area contributed by atoms with Gasteiger partial charge in [-0.2, -0.15) is 0 Å². The summed E-state index contributed by atoms with van der Waals surface area (Å²) in [5, 5.41) is 10.7. The zero-order chi connectivity index (χ0) is 10.4. The van der Waals surface area contributed by atoms with Gasteiger partial charge in [0.05, 0.1) is 10.6 Å². The highest BCUT2D eigenvalue weighted by Crippen LogP contribution is 2.08. The molecule has 4 nitrogen and oxygen atoms in total. The van der Waals surface area contributed by atoms with Gasteiger partial charge in [-0.25, -0.2) is 0 Å². The lowest BCUT2D eigenvalue weighted by atomic mass is 10.3. The number of likely N-dealkylation sites (N-methyl/N-ethyl adjacent to an activating group) is 1. The van der Waals surface area contributed by atoms with Crippen molar-refractivity contribution in [3.8, 4) is 0 Å². The molecule has 80 valence electrons. The van der Waals surface area contributed by atoms with E-state index in [9.17, 15) is 0 Å². The quantitative estimate of drug-likeness (QED) is 0.740. The first-order valence-electron chi connectivity index (χ1n) is 4.96. The van der Waals surface area contributed by atoms with Crippen LogP contribution in [0.3, 0.4) is 0 Å². The van der Waals surface area contributed by atoms with Crippen molar-refractivity contribution in [2.24, 2.45) is 0 Å². The summed E-state index contributed by atoms with van der Waals surface area (Å²) in [6.45, 7) is 9.18. The van der Waals surface area contributed by atoms with Gasteiger partial charge in [0, 0.05) is 19.1 Å². The summed E-state index contributed by atoms with van der Waals surface area (Å²) in [6, 6.07) is 0.483. The van der Waals surface area contributed by atoms with Crippen molar-refractivity contribution in [3.63, 3.8) is 0 Å². The molecule has 0 aromatic carbocycles. The smallest absolute Gasteiger partial charge is 0.0769 e. The highest BCUT2D eigenvalue weighted by Gasteiger charge is 2.05. The molecule has 0 radical (unpaired) electrons. The molecule has 1 unspecified atom stereocenters. The number of aromatic nitrogens is 2. The minimum Gasteiger partial charge on any atom is -0.315 e. The number of hydrogen-bond donors (Lipinski definition) is 2. The van der Waals surface area contributed by atoms with E-state index in [1.165, 1.54) is 16.4 Å². The largest absolute Gasteiger partial charge is 0.315 e. The topological polar surface area (TPSA) is 49.8 Å². The normalized spacial score (nSPS) is 13.1. The lowest BCUT2D eigenvalue weighted by Crippen LogP contribution is -2.35. The number of nitrogens with one attached hydrogen (secondary N) is 2. The molecule has 0 aliphatic rings. The predicted octanol–water partition coefficient (Wildman–Crippen LogP) is 0.934. The van der Waals surface area contributed by atoms with Gasteiger partial charge < -0.3 is 10.6 Å². The lowest BCUT2D eigenvalue weighted by Gasteiger charge is -2.12. The Hall–Kier alpha value is -0.520. The van der Waals surface area contributed by atoms with E-state index in [-0.39, 0.29) is 0 Å². The van der Waals surface area contributed by atoms with Gasteiger partial charge >= 0.3 is 0 Å². The van der Waals surface area contributed by atoms with Crippen LogP contribution in [0.2, 0.25) is 0 Å². The van der Waals surface area contributed by atoms with Gasteiger partial charge in [0.2, 0.25) is 0 Å². The Kier molecular flexibility index (Phi) is 5.00. The van der Waals surface area contributed by atoms with Gasteiger partial charge in [-0.3, -0.25) is 0 Å². The average Bonchev–Trinajstić information content (AvgIpc) is 2.58. The molecule has 0 saturated carbocycles. The number of aryl methyl sites for hydroxylation is 1. The molecule has 2 N–H and O–H groups in total. The maximum absolute atomic E-state index is 3.97. The molecule has 1 aromatic rings. The average molecular weight is 214 g/mol. The molecular formula is C9H18N4S. The van der Waals surface area contributed by atoms with Crippen LogP contribution in [0.15, 0.2) is 0 Å². The van der Waals surface area contributed by atoms with Crippen molar-refractivity contribution < 1.29 is 0 Å². The molecule has 1 atom stereocenters. The Morgan fingerprint density at radius 1 is 1.50 bits per heavy atom. The molecule has 5 heteroatoms. The maximum atomic E-state index is 3.97. The molecule has 0 aliphatic carbocycles. The van der Waals surface area contributed by atoms with E-state index in [0.29, 0.717) is 6.04 Å². The van der Waals surface area contributed by atoms with Crippen molar-refractivity contribution in [1.29, 1.82) is 0 Å². The first-order chi connectivity index (χ1) is 6.74. The van der Waals surface area contributed by atoms with Crippen molar-refractivity contribution in [2.75, 3.05) is 13.1 Å².